The van der Waals surface area contributed by atoms with Crippen molar-refractivity contribution in [3.05, 3.63) is 41.5 Å². The van der Waals surface area contributed by atoms with Crippen LogP contribution in [0.25, 0.3) is 6.08 Å². The molecule has 0 spiro atoms. The predicted octanol–water partition coefficient (Wildman–Crippen LogP) is 1.76. The standard InChI is InChI=1S/C14H19NO2/c1-3-12-4-6-13(7-5-12)8-9-14(17)15-10-11(2)16/h4-9,11,16H,3,10H2,1-2H3,(H,15,17)/b9-8+/t11-/m1/s1. The van der Waals surface area contributed by atoms with Gasteiger partial charge in [0.1, 0.15) is 0 Å². The summed E-state index contributed by atoms with van der Waals surface area (Å²) in [5, 5.41) is 11.6. The molecule has 0 radical (unpaired) electrons. The Balaban J connectivity index is 2.49. The summed E-state index contributed by atoms with van der Waals surface area (Å²) >= 11 is 0. The fourth-order valence-electron chi connectivity index (χ4n) is 1.34. The first kappa shape index (κ1) is 13.5. The molecule has 0 saturated heterocycles. The molecule has 17 heavy (non-hydrogen) atoms. The first-order chi connectivity index (χ1) is 8.11. The molecule has 0 saturated carbocycles. The van der Waals surface area contributed by atoms with E-state index < -0.39 is 6.10 Å². The molecule has 1 rings (SSSR count). The van der Waals surface area contributed by atoms with E-state index in [0.717, 1.165) is 12.0 Å². The minimum atomic E-state index is -0.517. The van der Waals surface area contributed by atoms with Crippen molar-refractivity contribution >= 4 is 12.0 Å². The van der Waals surface area contributed by atoms with Crippen molar-refractivity contribution in [1.29, 1.82) is 0 Å². The number of amides is 1. The van der Waals surface area contributed by atoms with E-state index in [-0.39, 0.29) is 12.5 Å². The number of carbonyl (C=O) groups excluding carboxylic acids is 1. The van der Waals surface area contributed by atoms with Crippen LogP contribution in [0.3, 0.4) is 0 Å². The second-order valence-corrected chi connectivity index (χ2v) is 4.02. The van der Waals surface area contributed by atoms with Crippen molar-refractivity contribution < 1.29 is 9.90 Å². The number of aliphatic hydroxyl groups is 1. The normalized spacial score (nSPS) is 12.6. The number of benzene rings is 1. The van der Waals surface area contributed by atoms with Gasteiger partial charge in [0.15, 0.2) is 0 Å². The van der Waals surface area contributed by atoms with Gasteiger partial charge in [0.05, 0.1) is 6.10 Å². The zero-order valence-electron chi connectivity index (χ0n) is 10.3. The van der Waals surface area contributed by atoms with E-state index in [4.69, 9.17) is 5.11 Å². The van der Waals surface area contributed by atoms with E-state index in [0.29, 0.717) is 0 Å². The number of nitrogens with one attached hydrogen (secondary N) is 1. The number of carbonyl (C=O) groups is 1. The summed E-state index contributed by atoms with van der Waals surface area (Å²) in [6.45, 7) is 4.01. The molecule has 3 nitrogen and oxygen atoms in total. The first-order valence-corrected chi connectivity index (χ1v) is 5.84. The van der Waals surface area contributed by atoms with Crippen molar-refractivity contribution in [2.24, 2.45) is 0 Å². The molecule has 0 aliphatic rings. The molecule has 0 bridgehead atoms. The van der Waals surface area contributed by atoms with Gasteiger partial charge in [0.25, 0.3) is 0 Å². The zero-order chi connectivity index (χ0) is 12.7. The van der Waals surface area contributed by atoms with Crippen molar-refractivity contribution in [3.8, 4) is 0 Å². The molecule has 1 amide bonds. The second kappa shape index (κ2) is 6.86. The Labute approximate surface area is 102 Å². The van der Waals surface area contributed by atoms with Crippen molar-refractivity contribution in [1.82, 2.24) is 5.32 Å². The molecule has 0 heterocycles. The number of hydrogen-bond donors (Lipinski definition) is 2. The summed E-state index contributed by atoms with van der Waals surface area (Å²) in [6, 6.07) is 8.06. The smallest absolute Gasteiger partial charge is 0.244 e. The molecule has 2 N–H and O–H groups in total. The first-order valence-electron chi connectivity index (χ1n) is 5.84. The maximum atomic E-state index is 11.3. The van der Waals surface area contributed by atoms with E-state index in [1.54, 1.807) is 13.0 Å². The predicted molar refractivity (Wildman–Crippen MR) is 69.5 cm³/mol. The quantitative estimate of drug-likeness (QED) is 0.761. The van der Waals surface area contributed by atoms with Crippen LogP contribution in [-0.4, -0.2) is 23.7 Å². The Bertz CT molecular complexity index is 380. The fraction of sp³-hybridized carbons (Fsp3) is 0.357. The van der Waals surface area contributed by atoms with E-state index >= 15 is 0 Å². The average Bonchev–Trinajstić information content (AvgIpc) is 2.34. The van der Waals surface area contributed by atoms with E-state index in [1.165, 1.54) is 11.6 Å². The van der Waals surface area contributed by atoms with Gasteiger partial charge in [-0.15, -0.1) is 0 Å². The maximum Gasteiger partial charge on any atom is 0.244 e. The molecule has 1 aromatic rings. The molecular weight excluding hydrogens is 214 g/mol. The van der Waals surface area contributed by atoms with Crippen LogP contribution in [0, 0.1) is 0 Å². The summed E-state index contributed by atoms with van der Waals surface area (Å²) in [5.41, 5.74) is 2.27. The number of rotatable bonds is 5. The SMILES string of the molecule is CCc1ccc(/C=C/C(=O)NC[C@@H](C)O)cc1. The molecule has 0 unspecified atom stereocenters. The maximum absolute atomic E-state index is 11.3. The van der Waals surface area contributed by atoms with Gasteiger partial charge in [-0.25, -0.2) is 0 Å². The van der Waals surface area contributed by atoms with Gasteiger partial charge in [0.2, 0.25) is 5.91 Å². The summed E-state index contributed by atoms with van der Waals surface area (Å²) < 4.78 is 0. The Morgan fingerprint density at radius 3 is 2.59 bits per heavy atom. The molecule has 92 valence electrons. The highest BCUT2D eigenvalue weighted by Crippen LogP contribution is 2.06. The molecule has 0 aliphatic heterocycles. The van der Waals surface area contributed by atoms with Crippen LogP contribution in [0.4, 0.5) is 0 Å². The third-order valence-electron chi connectivity index (χ3n) is 2.39. The van der Waals surface area contributed by atoms with Gasteiger partial charge in [-0.1, -0.05) is 31.2 Å². The highest BCUT2D eigenvalue weighted by molar-refractivity contribution is 5.91. The van der Waals surface area contributed by atoms with Crippen molar-refractivity contribution in [2.75, 3.05) is 6.54 Å². The number of aliphatic hydroxyl groups excluding tert-OH is 1. The lowest BCUT2D eigenvalue weighted by Gasteiger charge is -2.03. The Hall–Kier alpha value is -1.61. The van der Waals surface area contributed by atoms with Crippen LogP contribution in [0.2, 0.25) is 0 Å². The van der Waals surface area contributed by atoms with Crippen molar-refractivity contribution in [2.45, 2.75) is 26.4 Å². The lowest BCUT2D eigenvalue weighted by molar-refractivity contribution is -0.116. The van der Waals surface area contributed by atoms with Crippen LogP contribution in [0.5, 0.6) is 0 Å². The molecule has 3 heteroatoms. The zero-order valence-corrected chi connectivity index (χ0v) is 10.3. The minimum Gasteiger partial charge on any atom is -0.392 e. The van der Waals surface area contributed by atoms with Gasteiger partial charge in [-0.3, -0.25) is 4.79 Å². The van der Waals surface area contributed by atoms with E-state index in [1.807, 2.05) is 24.3 Å². The Morgan fingerprint density at radius 2 is 2.06 bits per heavy atom. The van der Waals surface area contributed by atoms with Gasteiger partial charge < -0.3 is 10.4 Å². The minimum absolute atomic E-state index is 0.189. The average molecular weight is 233 g/mol. The van der Waals surface area contributed by atoms with E-state index in [2.05, 4.69) is 12.2 Å². The Morgan fingerprint density at radius 1 is 1.41 bits per heavy atom. The summed E-state index contributed by atoms with van der Waals surface area (Å²) in [5.74, 6) is -0.189. The summed E-state index contributed by atoms with van der Waals surface area (Å²) in [7, 11) is 0. The third-order valence-corrected chi connectivity index (χ3v) is 2.39. The third kappa shape index (κ3) is 5.31. The van der Waals surface area contributed by atoms with Gasteiger partial charge in [-0.2, -0.15) is 0 Å². The summed E-state index contributed by atoms with van der Waals surface area (Å²) in [4.78, 5) is 11.3. The van der Waals surface area contributed by atoms with Crippen LogP contribution in [0.15, 0.2) is 30.3 Å². The monoisotopic (exact) mass is 233 g/mol. The largest absolute Gasteiger partial charge is 0.392 e. The van der Waals surface area contributed by atoms with Crippen LogP contribution >= 0.6 is 0 Å². The fourth-order valence-corrected chi connectivity index (χ4v) is 1.34. The van der Waals surface area contributed by atoms with Gasteiger partial charge in [-0.05, 0) is 30.5 Å². The highest BCUT2D eigenvalue weighted by atomic mass is 16.3. The second-order valence-electron chi connectivity index (χ2n) is 4.02. The topological polar surface area (TPSA) is 49.3 Å². The molecular formula is C14H19NO2. The van der Waals surface area contributed by atoms with E-state index in [9.17, 15) is 4.79 Å². The van der Waals surface area contributed by atoms with Gasteiger partial charge in [0, 0.05) is 12.6 Å². The summed E-state index contributed by atoms with van der Waals surface area (Å²) in [6.07, 6.45) is 3.73. The highest BCUT2D eigenvalue weighted by Gasteiger charge is 1.98. The van der Waals surface area contributed by atoms with Crippen LogP contribution in [0.1, 0.15) is 25.0 Å². The van der Waals surface area contributed by atoms with Crippen molar-refractivity contribution in [3.63, 3.8) is 0 Å². The Kier molecular flexibility index (Phi) is 5.43. The molecule has 1 aromatic carbocycles. The molecule has 1 atom stereocenters. The molecule has 0 fully saturated rings. The number of aryl methyl sites for hydroxylation is 1. The van der Waals surface area contributed by atoms with Crippen LogP contribution < -0.4 is 5.32 Å². The molecule has 0 aromatic heterocycles. The number of hydrogen-bond acceptors (Lipinski definition) is 2. The molecule has 0 aliphatic carbocycles. The van der Waals surface area contributed by atoms with Gasteiger partial charge >= 0.3 is 0 Å². The lowest BCUT2D eigenvalue weighted by atomic mass is 10.1. The van der Waals surface area contributed by atoms with Crippen LogP contribution in [-0.2, 0) is 11.2 Å². The lowest BCUT2D eigenvalue weighted by Crippen LogP contribution is -2.28.